The van der Waals surface area contributed by atoms with E-state index in [0.717, 1.165) is 50.0 Å². The monoisotopic (exact) mass is 534 g/mol. The molecule has 1 aliphatic carbocycles. The fourth-order valence-corrected chi connectivity index (χ4v) is 6.67. The number of aromatic nitrogens is 3. The molecule has 8 heteroatoms. The molecule has 2 fully saturated rings. The van der Waals surface area contributed by atoms with E-state index in [1.54, 1.807) is 25.6 Å². The van der Waals surface area contributed by atoms with Gasteiger partial charge in [-0.3, -0.25) is 9.69 Å². The number of nitrogens with zero attached hydrogens (tertiary/aromatic N) is 4. The number of nitrogens with one attached hydrogen (secondary N) is 2. The standard InChI is InChI=1S/C32H34N6O2/c1-21-14-28(40-2)26(25-8-12-36-30(21)25)20-38-13-9-32(15-22(16-32)18-33)17-27(38)23-4-6-24(7-5-23)31(39)37-19-29-34-10-3-11-35-29/h3-8,10-12,14,22,27,36H,9,13,15-17,19-20H2,1-2H3,(H,37,39)/t22?,27-,32?/m0/s1. The number of aromatic amines is 1. The first-order valence-electron chi connectivity index (χ1n) is 13.9. The van der Waals surface area contributed by atoms with Crippen LogP contribution in [0.1, 0.15) is 64.6 Å². The van der Waals surface area contributed by atoms with Gasteiger partial charge in [-0.2, -0.15) is 5.26 Å². The average molecular weight is 535 g/mol. The molecule has 2 N–H and O–H groups in total. The van der Waals surface area contributed by atoms with Crippen molar-refractivity contribution in [1.29, 1.82) is 5.26 Å². The van der Waals surface area contributed by atoms with E-state index in [1.807, 2.05) is 18.3 Å². The van der Waals surface area contributed by atoms with Crippen molar-refractivity contribution in [2.45, 2.75) is 51.7 Å². The Morgan fingerprint density at radius 3 is 2.70 bits per heavy atom. The van der Waals surface area contributed by atoms with Gasteiger partial charge in [0.15, 0.2) is 0 Å². The number of H-pyrrole nitrogens is 1. The zero-order valence-corrected chi connectivity index (χ0v) is 23.0. The van der Waals surface area contributed by atoms with Crippen molar-refractivity contribution >= 4 is 16.8 Å². The van der Waals surface area contributed by atoms with E-state index in [-0.39, 0.29) is 29.8 Å². The van der Waals surface area contributed by atoms with Gasteiger partial charge in [-0.25, -0.2) is 9.97 Å². The van der Waals surface area contributed by atoms with E-state index in [0.29, 0.717) is 11.4 Å². The number of methoxy groups -OCH3 is 1. The normalized spacial score (nSPS) is 22.5. The third kappa shape index (κ3) is 4.93. The second kappa shape index (κ2) is 10.7. The lowest BCUT2D eigenvalue weighted by atomic mass is 9.56. The van der Waals surface area contributed by atoms with Crippen molar-refractivity contribution < 1.29 is 9.53 Å². The molecule has 1 saturated carbocycles. The van der Waals surface area contributed by atoms with Crippen molar-refractivity contribution in [2.24, 2.45) is 11.3 Å². The first-order valence-corrected chi connectivity index (χ1v) is 13.9. The van der Waals surface area contributed by atoms with Crippen LogP contribution in [0.2, 0.25) is 0 Å². The van der Waals surface area contributed by atoms with Gasteiger partial charge in [0.05, 0.1) is 19.7 Å². The zero-order valence-electron chi connectivity index (χ0n) is 23.0. The number of fused-ring (bicyclic) bond motifs is 1. The van der Waals surface area contributed by atoms with Crippen molar-refractivity contribution in [3.8, 4) is 11.8 Å². The van der Waals surface area contributed by atoms with Gasteiger partial charge in [-0.1, -0.05) is 12.1 Å². The summed E-state index contributed by atoms with van der Waals surface area (Å²) >= 11 is 0. The van der Waals surface area contributed by atoms with Crippen molar-refractivity contribution in [2.75, 3.05) is 13.7 Å². The Morgan fingerprint density at radius 1 is 1.20 bits per heavy atom. The molecule has 4 aromatic rings. The summed E-state index contributed by atoms with van der Waals surface area (Å²) in [5.41, 5.74) is 5.52. The molecule has 1 aliphatic heterocycles. The minimum atomic E-state index is -0.147. The number of nitriles is 1. The van der Waals surface area contributed by atoms with E-state index in [4.69, 9.17) is 4.74 Å². The van der Waals surface area contributed by atoms with Crippen molar-refractivity contribution in [1.82, 2.24) is 25.2 Å². The number of amides is 1. The van der Waals surface area contributed by atoms with Gasteiger partial charge >= 0.3 is 0 Å². The zero-order chi connectivity index (χ0) is 27.7. The SMILES string of the molecule is COc1cc(C)c2[nH]ccc2c1CN1CCC2(CC(C#N)C2)C[C@H]1c1ccc(C(=O)NCc2ncccn2)cc1. The van der Waals surface area contributed by atoms with E-state index < -0.39 is 0 Å². The molecule has 3 heterocycles. The molecule has 2 aromatic heterocycles. The fraction of sp³-hybridized carbons (Fsp3) is 0.375. The highest BCUT2D eigenvalue weighted by atomic mass is 16.5. The molecule has 2 aliphatic rings. The lowest BCUT2D eigenvalue weighted by Crippen LogP contribution is -2.48. The number of aryl methyl sites for hydroxylation is 1. The molecular weight excluding hydrogens is 500 g/mol. The predicted octanol–water partition coefficient (Wildman–Crippen LogP) is 5.46. The third-order valence-corrected chi connectivity index (χ3v) is 8.81. The van der Waals surface area contributed by atoms with Gasteiger partial charge in [0.2, 0.25) is 0 Å². The summed E-state index contributed by atoms with van der Waals surface area (Å²) in [7, 11) is 1.74. The molecule has 40 heavy (non-hydrogen) atoms. The van der Waals surface area contributed by atoms with Crippen LogP contribution in [-0.2, 0) is 13.1 Å². The van der Waals surface area contributed by atoms with Crippen LogP contribution in [0.15, 0.2) is 61.1 Å². The molecule has 6 rings (SSSR count). The van der Waals surface area contributed by atoms with Crippen LogP contribution in [0.25, 0.3) is 10.9 Å². The maximum absolute atomic E-state index is 12.8. The number of ether oxygens (including phenoxy) is 1. The van der Waals surface area contributed by atoms with Crippen LogP contribution in [-0.4, -0.2) is 39.4 Å². The summed E-state index contributed by atoms with van der Waals surface area (Å²) in [4.78, 5) is 27.1. The quantitative estimate of drug-likeness (QED) is 0.326. The van der Waals surface area contributed by atoms with E-state index in [2.05, 4.69) is 62.4 Å². The highest BCUT2D eigenvalue weighted by Gasteiger charge is 2.49. The number of benzene rings is 2. The summed E-state index contributed by atoms with van der Waals surface area (Å²) in [6.07, 6.45) is 9.38. The maximum atomic E-state index is 12.8. The van der Waals surface area contributed by atoms with Gasteiger partial charge in [-0.05, 0) is 86.0 Å². The van der Waals surface area contributed by atoms with Crippen LogP contribution in [0.4, 0.5) is 0 Å². The first kappa shape index (κ1) is 26.0. The van der Waals surface area contributed by atoms with Gasteiger partial charge in [-0.15, -0.1) is 0 Å². The number of rotatable bonds is 7. The minimum absolute atomic E-state index is 0.147. The van der Waals surface area contributed by atoms with Crippen LogP contribution in [0.5, 0.6) is 5.75 Å². The molecule has 1 atom stereocenters. The Morgan fingerprint density at radius 2 is 1.98 bits per heavy atom. The Balaban J connectivity index is 1.25. The average Bonchev–Trinajstić information content (AvgIpc) is 3.48. The van der Waals surface area contributed by atoms with Crippen LogP contribution in [0, 0.1) is 29.6 Å². The van der Waals surface area contributed by atoms with Crippen LogP contribution < -0.4 is 10.1 Å². The molecule has 1 saturated heterocycles. The van der Waals surface area contributed by atoms with Gasteiger partial charge < -0.3 is 15.0 Å². The molecule has 2 aromatic carbocycles. The molecule has 1 spiro atoms. The Labute approximate surface area is 234 Å². The first-order chi connectivity index (χ1) is 19.5. The van der Waals surface area contributed by atoms with E-state index in [9.17, 15) is 10.1 Å². The summed E-state index contributed by atoms with van der Waals surface area (Å²) in [5, 5.41) is 13.6. The number of carbonyl (C=O) groups excluding carboxylic acids is 1. The Bertz CT molecular complexity index is 1550. The number of piperidine rings is 1. The van der Waals surface area contributed by atoms with Crippen LogP contribution in [0.3, 0.4) is 0 Å². The molecule has 8 nitrogen and oxygen atoms in total. The molecule has 0 unspecified atom stereocenters. The molecule has 0 bridgehead atoms. The molecule has 204 valence electrons. The molecular formula is C32H34N6O2. The summed E-state index contributed by atoms with van der Waals surface area (Å²) in [6.45, 7) is 4.10. The lowest BCUT2D eigenvalue weighted by Gasteiger charge is -2.53. The highest BCUT2D eigenvalue weighted by Crippen LogP contribution is 2.56. The predicted molar refractivity (Wildman–Crippen MR) is 152 cm³/mol. The minimum Gasteiger partial charge on any atom is -0.496 e. The topological polar surface area (TPSA) is 107 Å². The fourth-order valence-electron chi connectivity index (χ4n) is 6.67. The smallest absolute Gasteiger partial charge is 0.251 e. The van der Waals surface area contributed by atoms with E-state index >= 15 is 0 Å². The summed E-state index contributed by atoms with van der Waals surface area (Å²) in [6, 6.07) is 16.7. The van der Waals surface area contributed by atoms with Crippen molar-refractivity contribution in [3.63, 3.8) is 0 Å². The number of carbonyl (C=O) groups is 1. The van der Waals surface area contributed by atoms with E-state index in [1.165, 1.54) is 22.1 Å². The lowest BCUT2D eigenvalue weighted by molar-refractivity contribution is -0.0298. The number of likely N-dealkylation sites (tertiary alicyclic amines) is 1. The second-order valence-electron chi connectivity index (χ2n) is 11.3. The molecule has 0 radical (unpaired) electrons. The molecule has 1 amide bonds. The maximum Gasteiger partial charge on any atom is 0.251 e. The Kier molecular flexibility index (Phi) is 6.99. The van der Waals surface area contributed by atoms with Crippen molar-refractivity contribution in [3.05, 3.63) is 89.1 Å². The van der Waals surface area contributed by atoms with Crippen LogP contribution >= 0.6 is 0 Å². The largest absolute Gasteiger partial charge is 0.496 e. The van der Waals surface area contributed by atoms with Gasteiger partial charge in [0, 0.05) is 59.1 Å². The number of hydrogen-bond donors (Lipinski definition) is 2. The number of hydrogen-bond acceptors (Lipinski definition) is 6. The Hall–Kier alpha value is -4.22. The highest BCUT2D eigenvalue weighted by molar-refractivity contribution is 5.94. The second-order valence-corrected chi connectivity index (χ2v) is 11.3. The van der Waals surface area contributed by atoms with Gasteiger partial charge in [0.1, 0.15) is 11.6 Å². The third-order valence-electron chi connectivity index (χ3n) is 8.81. The van der Waals surface area contributed by atoms with Gasteiger partial charge in [0.25, 0.3) is 5.91 Å². The summed E-state index contributed by atoms with van der Waals surface area (Å²) in [5.74, 6) is 1.51. The summed E-state index contributed by atoms with van der Waals surface area (Å²) < 4.78 is 5.86.